The highest BCUT2D eigenvalue weighted by Gasteiger charge is 2.08. The second kappa shape index (κ2) is 12.0. The summed E-state index contributed by atoms with van der Waals surface area (Å²) in [6.45, 7) is 2.27. The van der Waals surface area contributed by atoms with Gasteiger partial charge in [-0.25, -0.2) is 0 Å². The van der Waals surface area contributed by atoms with Gasteiger partial charge in [-0.1, -0.05) is 71.1 Å². The number of aliphatic hydroxyl groups excluding tert-OH is 1. The maximum atomic E-state index is 10.1. The van der Waals surface area contributed by atoms with E-state index < -0.39 is 0 Å². The smallest absolute Gasteiger partial charge is 0.0798 e. The monoisotopic (exact) mass is 408 g/mol. The number of rotatable bonds is 12. The molecule has 1 nitrogen and oxygen atoms in total. The minimum atomic E-state index is -0.246. The normalized spacial score (nSPS) is 12.8. The van der Waals surface area contributed by atoms with Crippen molar-refractivity contribution in [3.8, 4) is 0 Å². The van der Waals surface area contributed by atoms with E-state index in [0.29, 0.717) is 0 Å². The largest absolute Gasteiger partial charge is 0.388 e. The van der Waals surface area contributed by atoms with E-state index in [1.165, 1.54) is 60.7 Å². The van der Waals surface area contributed by atoms with Crippen molar-refractivity contribution in [1.82, 2.24) is 0 Å². The molecule has 0 radical (unpaired) electrons. The highest BCUT2D eigenvalue weighted by Crippen LogP contribution is 2.26. The Kier molecular flexibility index (Phi) is 11.1. The van der Waals surface area contributed by atoms with Gasteiger partial charge in [0.25, 0.3) is 0 Å². The van der Waals surface area contributed by atoms with Crippen LogP contribution in [0, 0.1) is 2.88 Å². The summed E-state index contributed by atoms with van der Waals surface area (Å²) in [5.41, 5.74) is 1.11. The molecule has 0 fully saturated rings. The lowest BCUT2D eigenvalue weighted by Gasteiger charge is -2.08. The molecule has 1 N–H and O–H groups in total. The third-order valence-electron chi connectivity index (χ3n) is 3.80. The number of thiophene rings is 1. The molecule has 0 aliphatic carbocycles. The fourth-order valence-corrected chi connectivity index (χ4v) is 3.91. The van der Waals surface area contributed by atoms with Crippen LogP contribution in [0.4, 0.5) is 0 Å². The lowest BCUT2D eigenvalue weighted by Crippen LogP contribution is -1.95. The molecular formula is C17H29IOS. The van der Waals surface area contributed by atoms with E-state index in [1.807, 2.05) is 0 Å². The predicted octanol–water partition coefficient (Wildman–Crippen LogP) is 6.70. The van der Waals surface area contributed by atoms with E-state index in [2.05, 4.69) is 41.0 Å². The summed E-state index contributed by atoms with van der Waals surface area (Å²) in [5.74, 6) is 0. The second-order valence-corrected chi connectivity index (χ2v) is 8.48. The number of unbranched alkanes of at least 4 members (excludes halogenated alkanes) is 9. The van der Waals surface area contributed by atoms with E-state index >= 15 is 0 Å². The quantitative estimate of drug-likeness (QED) is 0.302. The Morgan fingerprint density at radius 1 is 1.00 bits per heavy atom. The molecule has 116 valence electrons. The molecule has 3 heteroatoms. The van der Waals surface area contributed by atoms with Gasteiger partial charge in [-0.15, -0.1) is 11.3 Å². The number of hydrogen-bond donors (Lipinski definition) is 1. The molecule has 0 amide bonds. The predicted molar refractivity (Wildman–Crippen MR) is 98.5 cm³/mol. The molecule has 0 aliphatic heterocycles. The van der Waals surface area contributed by atoms with E-state index in [1.54, 1.807) is 11.3 Å². The molecule has 1 heterocycles. The Labute approximate surface area is 142 Å². The van der Waals surface area contributed by atoms with Crippen LogP contribution < -0.4 is 0 Å². The van der Waals surface area contributed by atoms with Crippen molar-refractivity contribution < 1.29 is 5.11 Å². The molecule has 0 aromatic carbocycles. The summed E-state index contributed by atoms with van der Waals surface area (Å²) in [6.07, 6.45) is 14.2. The third kappa shape index (κ3) is 8.63. The fraction of sp³-hybridized carbons (Fsp3) is 0.765. The Bertz CT molecular complexity index is 337. The summed E-state index contributed by atoms with van der Waals surface area (Å²) in [4.78, 5) is 0. The molecule has 1 aromatic rings. The number of hydrogen-bond acceptors (Lipinski definition) is 2. The van der Waals surface area contributed by atoms with Crippen molar-refractivity contribution in [2.24, 2.45) is 0 Å². The topological polar surface area (TPSA) is 20.2 Å². The van der Waals surface area contributed by atoms with Crippen molar-refractivity contribution in [3.63, 3.8) is 0 Å². The highest BCUT2D eigenvalue weighted by molar-refractivity contribution is 14.1. The first-order chi connectivity index (χ1) is 9.74. The second-order valence-electron chi connectivity index (χ2n) is 5.67. The van der Waals surface area contributed by atoms with Crippen LogP contribution in [0.2, 0.25) is 0 Å². The maximum absolute atomic E-state index is 10.1. The molecule has 1 rings (SSSR count). The zero-order valence-corrected chi connectivity index (χ0v) is 15.7. The van der Waals surface area contributed by atoms with Gasteiger partial charge in [-0.2, -0.15) is 0 Å². The molecular weight excluding hydrogens is 379 g/mol. The van der Waals surface area contributed by atoms with Crippen molar-refractivity contribution in [3.05, 3.63) is 19.9 Å². The molecule has 0 aliphatic rings. The van der Waals surface area contributed by atoms with Gasteiger partial charge in [-0.3, -0.25) is 0 Å². The summed E-state index contributed by atoms with van der Waals surface area (Å²) in [5, 5.41) is 12.1. The van der Waals surface area contributed by atoms with Crippen LogP contribution in [0.1, 0.15) is 89.2 Å². The Morgan fingerprint density at radius 3 is 2.05 bits per heavy atom. The standard InChI is InChI=1S/C17H29IOS/c1-2-3-4-5-6-7-8-9-10-11-12-16(19)15-13-17(18)20-14-15/h13-14,16,19H,2-12H2,1H3. The van der Waals surface area contributed by atoms with Crippen LogP contribution in [-0.4, -0.2) is 5.11 Å². The van der Waals surface area contributed by atoms with Crippen molar-refractivity contribution in [2.45, 2.75) is 83.7 Å². The van der Waals surface area contributed by atoms with E-state index in [9.17, 15) is 5.11 Å². The lowest BCUT2D eigenvalue weighted by molar-refractivity contribution is 0.163. The summed E-state index contributed by atoms with van der Waals surface area (Å²) < 4.78 is 1.26. The lowest BCUT2D eigenvalue weighted by atomic mass is 10.0. The van der Waals surface area contributed by atoms with E-state index in [-0.39, 0.29) is 6.10 Å². The molecule has 20 heavy (non-hydrogen) atoms. The third-order valence-corrected chi connectivity index (χ3v) is 5.61. The van der Waals surface area contributed by atoms with Crippen LogP contribution in [0.25, 0.3) is 0 Å². The average Bonchev–Trinajstić information content (AvgIpc) is 2.87. The van der Waals surface area contributed by atoms with E-state index in [4.69, 9.17) is 0 Å². The first kappa shape index (κ1) is 18.4. The number of halogens is 1. The molecule has 0 bridgehead atoms. The zero-order chi connectivity index (χ0) is 14.6. The SMILES string of the molecule is CCCCCCCCCCCCC(O)c1csc(I)c1. The van der Waals surface area contributed by atoms with Gasteiger partial charge < -0.3 is 5.11 Å². The maximum Gasteiger partial charge on any atom is 0.0798 e. The molecule has 1 atom stereocenters. The first-order valence-electron chi connectivity index (χ1n) is 8.16. The Morgan fingerprint density at radius 2 is 1.55 bits per heavy atom. The molecule has 0 saturated carbocycles. The van der Waals surface area contributed by atoms with Gasteiger partial charge in [0.05, 0.1) is 8.99 Å². The van der Waals surface area contributed by atoms with Gasteiger partial charge in [0.1, 0.15) is 0 Å². The highest BCUT2D eigenvalue weighted by atomic mass is 127. The molecule has 0 spiro atoms. The number of aliphatic hydroxyl groups is 1. The van der Waals surface area contributed by atoms with Gasteiger partial charge >= 0.3 is 0 Å². The molecule has 1 unspecified atom stereocenters. The van der Waals surface area contributed by atoms with Crippen molar-refractivity contribution in [1.29, 1.82) is 0 Å². The minimum absolute atomic E-state index is 0.246. The van der Waals surface area contributed by atoms with Crippen LogP contribution >= 0.6 is 33.9 Å². The van der Waals surface area contributed by atoms with Gasteiger partial charge in [-0.05, 0) is 46.0 Å². The van der Waals surface area contributed by atoms with E-state index in [0.717, 1.165) is 18.4 Å². The van der Waals surface area contributed by atoms with Crippen LogP contribution in [0.5, 0.6) is 0 Å². The fourth-order valence-electron chi connectivity index (χ4n) is 2.49. The first-order valence-corrected chi connectivity index (χ1v) is 10.1. The van der Waals surface area contributed by atoms with Gasteiger partial charge in [0.15, 0.2) is 0 Å². The minimum Gasteiger partial charge on any atom is -0.388 e. The van der Waals surface area contributed by atoms with Crippen LogP contribution in [-0.2, 0) is 0 Å². The van der Waals surface area contributed by atoms with Crippen LogP contribution in [0.15, 0.2) is 11.4 Å². The molecule has 1 aromatic heterocycles. The molecule has 0 saturated heterocycles. The van der Waals surface area contributed by atoms with Crippen molar-refractivity contribution in [2.75, 3.05) is 0 Å². The van der Waals surface area contributed by atoms with Crippen LogP contribution in [0.3, 0.4) is 0 Å². The Hall–Kier alpha value is 0.390. The average molecular weight is 408 g/mol. The Balaban J connectivity index is 1.89. The summed E-state index contributed by atoms with van der Waals surface area (Å²) in [6, 6.07) is 2.10. The van der Waals surface area contributed by atoms with Gasteiger partial charge in [0, 0.05) is 0 Å². The van der Waals surface area contributed by atoms with Gasteiger partial charge in [0.2, 0.25) is 0 Å². The summed E-state index contributed by atoms with van der Waals surface area (Å²) in [7, 11) is 0. The zero-order valence-electron chi connectivity index (χ0n) is 12.7. The van der Waals surface area contributed by atoms with Crippen molar-refractivity contribution >= 4 is 33.9 Å². The summed E-state index contributed by atoms with van der Waals surface area (Å²) >= 11 is 4.03.